The molecule has 5 heteroatoms. The maximum atomic E-state index is 13.1. The second kappa shape index (κ2) is 8.81. The van der Waals surface area contributed by atoms with Gasteiger partial charge in [-0.1, -0.05) is 60.7 Å². The summed E-state index contributed by atoms with van der Waals surface area (Å²) in [6.07, 6.45) is -0.161. The highest BCUT2D eigenvalue weighted by atomic mass is 16.4. The van der Waals surface area contributed by atoms with E-state index in [-0.39, 0.29) is 12.3 Å². The Bertz CT molecular complexity index is 1280. The first-order valence-corrected chi connectivity index (χ1v) is 9.98. The molecule has 0 aliphatic rings. The van der Waals surface area contributed by atoms with Crippen LogP contribution in [-0.4, -0.2) is 17.0 Å². The van der Waals surface area contributed by atoms with E-state index in [1.165, 1.54) is 0 Å². The van der Waals surface area contributed by atoms with Crippen LogP contribution in [0.5, 0.6) is 0 Å². The first kappa shape index (κ1) is 20.3. The molecule has 31 heavy (non-hydrogen) atoms. The summed E-state index contributed by atoms with van der Waals surface area (Å²) in [5.74, 6) is -1.24. The fourth-order valence-corrected chi connectivity index (χ4v) is 3.70. The second-order valence-electron chi connectivity index (χ2n) is 7.33. The molecule has 0 spiro atoms. The number of carboxylic acid groups (broad SMARTS) is 1. The number of aliphatic carboxylic acids is 1. The Balaban J connectivity index is 1.77. The van der Waals surface area contributed by atoms with Crippen LogP contribution in [0.25, 0.3) is 21.9 Å². The number of fused-ring (bicyclic) bond motifs is 1. The molecule has 4 rings (SSSR count). The van der Waals surface area contributed by atoms with E-state index >= 15 is 0 Å². The van der Waals surface area contributed by atoms with Crippen LogP contribution in [0, 0.1) is 0 Å². The summed E-state index contributed by atoms with van der Waals surface area (Å²) in [7, 11) is 0. The summed E-state index contributed by atoms with van der Waals surface area (Å²) in [5, 5.41) is 14.0. The zero-order chi connectivity index (χ0) is 21.8. The molecule has 0 saturated heterocycles. The topological polar surface area (TPSA) is 92.4 Å². The number of amides is 1. The largest absolute Gasteiger partial charge is 0.481 e. The lowest BCUT2D eigenvalue weighted by Gasteiger charge is -2.13. The van der Waals surface area contributed by atoms with E-state index in [1.807, 2.05) is 60.7 Å². The van der Waals surface area contributed by atoms with Crippen molar-refractivity contribution in [2.75, 3.05) is 5.32 Å². The van der Waals surface area contributed by atoms with Crippen molar-refractivity contribution in [1.29, 1.82) is 0 Å². The number of anilines is 1. The van der Waals surface area contributed by atoms with Crippen LogP contribution in [0.1, 0.15) is 21.5 Å². The van der Waals surface area contributed by atoms with Gasteiger partial charge >= 0.3 is 5.97 Å². The summed E-state index contributed by atoms with van der Waals surface area (Å²) in [6, 6.07) is 26.5. The highest BCUT2D eigenvalue weighted by Gasteiger charge is 2.14. The first-order chi connectivity index (χ1) is 15.0. The van der Waals surface area contributed by atoms with Crippen LogP contribution >= 0.6 is 0 Å². The second-order valence-corrected chi connectivity index (χ2v) is 7.33. The van der Waals surface area contributed by atoms with Crippen molar-refractivity contribution in [2.24, 2.45) is 5.73 Å². The third-order valence-electron chi connectivity index (χ3n) is 5.20. The average molecular weight is 410 g/mol. The Labute approximate surface area is 180 Å². The Hall–Kier alpha value is -3.96. The third-order valence-corrected chi connectivity index (χ3v) is 5.20. The predicted octanol–water partition coefficient (Wildman–Crippen LogP) is 4.84. The number of carbonyl (C=O) groups is 2. The maximum Gasteiger partial charge on any atom is 0.307 e. The molecule has 4 aromatic rings. The number of rotatable bonds is 6. The molecular formula is C26H22N2O3. The Morgan fingerprint density at radius 3 is 2.45 bits per heavy atom. The van der Waals surface area contributed by atoms with E-state index in [9.17, 15) is 9.59 Å². The van der Waals surface area contributed by atoms with Crippen molar-refractivity contribution in [1.82, 2.24) is 0 Å². The van der Waals surface area contributed by atoms with Gasteiger partial charge in [-0.15, -0.1) is 0 Å². The molecule has 154 valence electrons. The lowest BCUT2D eigenvalue weighted by atomic mass is 9.94. The van der Waals surface area contributed by atoms with Crippen molar-refractivity contribution >= 4 is 28.3 Å². The van der Waals surface area contributed by atoms with Crippen molar-refractivity contribution < 1.29 is 14.7 Å². The lowest BCUT2D eigenvalue weighted by Crippen LogP contribution is -2.14. The minimum Gasteiger partial charge on any atom is -0.481 e. The van der Waals surface area contributed by atoms with Gasteiger partial charge < -0.3 is 16.2 Å². The Kier molecular flexibility index (Phi) is 5.78. The smallest absolute Gasteiger partial charge is 0.307 e. The van der Waals surface area contributed by atoms with E-state index in [4.69, 9.17) is 10.8 Å². The summed E-state index contributed by atoms with van der Waals surface area (Å²) in [4.78, 5) is 24.3. The van der Waals surface area contributed by atoms with Crippen LogP contribution in [0.2, 0.25) is 0 Å². The molecule has 0 aromatic heterocycles. The molecule has 0 fully saturated rings. The van der Waals surface area contributed by atoms with Gasteiger partial charge in [-0.2, -0.15) is 0 Å². The van der Waals surface area contributed by atoms with Crippen molar-refractivity contribution in [3.05, 3.63) is 102 Å². The molecule has 5 nitrogen and oxygen atoms in total. The van der Waals surface area contributed by atoms with Gasteiger partial charge in [0.2, 0.25) is 0 Å². The lowest BCUT2D eigenvalue weighted by molar-refractivity contribution is -0.136. The van der Waals surface area contributed by atoms with Gasteiger partial charge in [0.15, 0.2) is 0 Å². The van der Waals surface area contributed by atoms with Gasteiger partial charge in [0.05, 0.1) is 6.42 Å². The van der Waals surface area contributed by atoms with Gasteiger partial charge in [0, 0.05) is 17.8 Å². The number of carbonyl (C=O) groups excluding carboxylic acids is 1. The zero-order valence-electron chi connectivity index (χ0n) is 16.8. The summed E-state index contributed by atoms with van der Waals surface area (Å²) in [5.41, 5.74) is 10.3. The standard InChI is InChI=1S/C26H22N2O3/c27-16-17-6-5-9-18(12-17)23-14-21(13-19-7-1-3-10-22(19)23)26(31)28-24-11-4-2-8-20(24)15-25(29)30/h1-14H,15-16,27H2,(H,28,31)(H,29,30). The number of nitrogens with two attached hydrogens (primary N) is 1. The van der Waals surface area contributed by atoms with Gasteiger partial charge in [-0.3, -0.25) is 9.59 Å². The molecule has 0 saturated carbocycles. The summed E-state index contributed by atoms with van der Waals surface area (Å²) >= 11 is 0. The van der Waals surface area contributed by atoms with Gasteiger partial charge in [0.1, 0.15) is 0 Å². The Morgan fingerprint density at radius 1 is 0.871 bits per heavy atom. The van der Waals surface area contributed by atoms with E-state index in [0.717, 1.165) is 27.5 Å². The number of para-hydroxylation sites is 1. The molecule has 0 atom stereocenters. The van der Waals surface area contributed by atoms with Crippen LogP contribution in [-0.2, 0) is 17.8 Å². The average Bonchev–Trinajstić information content (AvgIpc) is 2.79. The molecular weight excluding hydrogens is 388 g/mol. The zero-order valence-corrected chi connectivity index (χ0v) is 16.8. The molecule has 0 unspecified atom stereocenters. The molecule has 4 N–H and O–H groups in total. The minimum absolute atomic E-state index is 0.161. The highest BCUT2D eigenvalue weighted by Crippen LogP contribution is 2.31. The van der Waals surface area contributed by atoms with E-state index < -0.39 is 5.97 Å². The highest BCUT2D eigenvalue weighted by molar-refractivity contribution is 6.10. The van der Waals surface area contributed by atoms with Gasteiger partial charge in [-0.05, 0) is 57.3 Å². The van der Waals surface area contributed by atoms with Gasteiger partial charge in [-0.25, -0.2) is 0 Å². The normalized spacial score (nSPS) is 10.7. The number of benzene rings is 4. The fourth-order valence-electron chi connectivity index (χ4n) is 3.70. The number of carboxylic acids is 1. The molecule has 0 aliphatic heterocycles. The first-order valence-electron chi connectivity index (χ1n) is 9.98. The monoisotopic (exact) mass is 410 g/mol. The molecule has 4 aromatic carbocycles. The summed E-state index contributed by atoms with van der Waals surface area (Å²) in [6.45, 7) is 0.437. The molecule has 0 aliphatic carbocycles. The van der Waals surface area contributed by atoms with Crippen LogP contribution in [0.4, 0.5) is 5.69 Å². The summed E-state index contributed by atoms with van der Waals surface area (Å²) < 4.78 is 0. The fraction of sp³-hybridized carbons (Fsp3) is 0.0769. The number of hydrogen-bond donors (Lipinski definition) is 3. The van der Waals surface area contributed by atoms with Gasteiger partial charge in [0.25, 0.3) is 5.91 Å². The molecule has 0 heterocycles. The number of nitrogens with one attached hydrogen (secondary N) is 1. The van der Waals surface area contributed by atoms with Crippen LogP contribution < -0.4 is 11.1 Å². The van der Waals surface area contributed by atoms with Crippen molar-refractivity contribution in [3.63, 3.8) is 0 Å². The molecule has 1 amide bonds. The molecule has 0 radical (unpaired) electrons. The van der Waals surface area contributed by atoms with Crippen LogP contribution in [0.3, 0.4) is 0 Å². The van der Waals surface area contributed by atoms with E-state index in [0.29, 0.717) is 23.4 Å². The predicted molar refractivity (Wildman–Crippen MR) is 123 cm³/mol. The van der Waals surface area contributed by atoms with Crippen molar-refractivity contribution in [2.45, 2.75) is 13.0 Å². The minimum atomic E-state index is -0.950. The SMILES string of the molecule is NCc1cccc(-c2cc(C(=O)Nc3ccccc3CC(=O)O)cc3ccccc23)c1. The van der Waals surface area contributed by atoms with Crippen molar-refractivity contribution in [3.8, 4) is 11.1 Å². The Morgan fingerprint density at radius 2 is 1.65 bits per heavy atom. The third kappa shape index (κ3) is 4.47. The molecule has 0 bridgehead atoms. The van der Waals surface area contributed by atoms with E-state index in [1.54, 1.807) is 24.3 Å². The maximum absolute atomic E-state index is 13.1. The quantitative estimate of drug-likeness (QED) is 0.424. The van der Waals surface area contributed by atoms with E-state index in [2.05, 4.69) is 5.32 Å². The van der Waals surface area contributed by atoms with Crippen LogP contribution in [0.15, 0.2) is 84.9 Å². The number of hydrogen-bond acceptors (Lipinski definition) is 3.